The van der Waals surface area contributed by atoms with Crippen LogP contribution < -0.4 is 5.32 Å². The van der Waals surface area contributed by atoms with Crippen molar-refractivity contribution in [1.82, 2.24) is 4.90 Å². The van der Waals surface area contributed by atoms with Crippen molar-refractivity contribution in [2.45, 2.75) is 13.8 Å². The number of amides is 1. The van der Waals surface area contributed by atoms with E-state index in [2.05, 4.69) is 41.2 Å². The van der Waals surface area contributed by atoms with Crippen molar-refractivity contribution in [3.63, 3.8) is 0 Å². The van der Waals surface area contributed by atoms with Gasteiger partial charge in [0.1, 0.15) is 4.32 Å². The van der Waals surface area contributed by atoms with E-state index in [1.54, 1.807) is 4.90 Å². The van der Waals surface area contributed by atoms with Crippen LogP contribution in [0, 0.1) is 13.8 Å². The molecule has 128 valence electrons. The third-order valence-electron chi connectivity index (χ3n) is 4.05. The lowest BCUT2D eigenvalue weighted by Gasteiger charge is -2.18. The molecule has 1 saturated heterocycles. The maximum Gasteiger partial charge on any atom is 0.267 e. The highest BCUT2D eigenvalue weighted by Gasteiger charge is 2.31. The van der Waals surface area contributed by atoms with Gasteiger partial charge in [0.15, 0.2) is 0 Å². The summed E-state index contributed by atoms with van der Waals surface area (Å²) in [7, 11) is 0. The summed E-state index contributed by atoms with van der Waals surface area (Å²) in [6.45, 7) is 4.50. The average Bonchev–Trinajstić information content (AvgIpc) is 2.83. The first-order valence-electron chi connectivity index (χ1n) is 7.77. The maximum absolute atomic E-state index is 12.7. The van der Waals surface area contributed by atoms with E-state index in [-0.39, 0.29) is 5.91 Å². The van der Waals surface area contributed by atoms with Crippen LogP contribution in [0.3, 0.4) is 0 Å². The summed E-state index contributed by atoms with van der Waals surface area (Å²) >= 11 is 10.2. The van der Waals surface area contributed by atoms with Gasteiger partial charge in [0.05, 0.1) is 11.6 Å². The first kappa shape index (κ1) is 18.2. The predicted octanol–water partition coefficient (Wildman–Crippen LogP) is 5.34. The zero-order chi connectivity index (χ0) is 18.0. The largest absolute Gasteiger partial charge is 0.367 e. The zero-order valence-corrected chi connectivity index (χ0v) is 17.1. The molecule has 1 aliphatic heterocycles. The molecule has 3 nitrogen and oxygen atoms in total. The van der Waals surface area contributed by atoms with Crippen LogP contribution in [-0.4, -0.2) is 21.8 Å². The molecule has 0 unspecified atom stereocenters. The Hall–Kier alpha value is -1.63. The molecule has 25 heavy (non-hydrogen) atoms. The van der Waals surface area contributed by atoms with E-state index in [4.69, 9.17) is 12.2 Å². The molecular formula is C19H17BrN2OS2. The number of carbonyl (C=O) groups excluding carboxylic acids is 1. The molecule has 1 heterocycles. The van der Waals surface area contributed by atoms with E-state index in [1.165, 1.54) is 22.9 Å². The van der Waals surface area contributed by atoms with Gasteiger partial charge in [-0.3, -0.25) is 9.69 Å². The zero-order valence-electron chi connectivity index (χ0n) is 13.9. The van der Waals surface area contributed by atoms with Crippen molar-refractivity contribution in [3.05, 3.63) is 68.5 Å². The Balaban J connectivity index is 1.74. The van der Waals surface area contributed by atoms with Crippen molar-refractivity contribution < 1.29 is 4.79 Å². The maximum atomic E-state index is 12.7. The van der Waals surface area contributed by atoms with E-state index in [9.17, 15) is 4.79 Å². The van der Waals surface area contributed by atoms with Gasteiger partial charge in [-0.2, -0.15) is 0 Å². The first-order valence-corrected chi connectivity index (χ1v) is 9.78. The fraction of sp³-hybridized carbons (Fsp3) is 0.158. The van der Waals surface area contributed by atoms with Gasteiger partial charge in [0.25, 0.3) is 5.91 Å². The van der Waals surface area contributed by atoms with Crippen molar-refractivity contribution in [3.8, 4) is 0 Å². The SMILES string of the molecule is Cc1cccc(NCN2C(=O)C(=Cc3cccc(Br)c3)SC2=S)c1C. The van der Waals surface area contributed by atoms with Gasteiger partial charge in [0.2, 0.25) is 0 Å². The Morgan fingerprint density at radius 2 is 2.00 bits per heavy atom. The van der Waals surface area contributed by atoms with E-state index in [1.807, 2.05) is 42.5 Å². The lowest BCUT2D eigenvalue weighted by atomic mass is 10.1. The molecule has 0 atom stereocenters. The molecule has 1 fully saturated rings. The Morgan fingerprint density at radius 3 is 2.76 bits per heavy atom. The summed E-state index contributed by atoms with van der Waals surface area (Å²) in [5.41, 5.74) is 4.38. The normalized spacial score (nSPS) is 16.0. The predicted molar refractivity (Wildman–Crippen MR) is 114 cm³/mol. The fourth-order valence-corrected chi connectivity index (χ4v) is 4.16. The van der Waals surface area contributed by atoms with E-state index >= 15 is 0 Å². The van der Waals surface area contributed by atoms with Gasteiger partial charge in [-0.05, 0) is 54.8 Å². The second-order valence-corrected chi connectivity index (χ2v) is 8.34. The summed E-state index contributed by atoms with van der Waals surface area (Å²) < 4.78 is 1.55. The second-order valence-electron chi connectivity index (χ2n) is 5.75. The van der Waals surface area contributed by atoms with Crippen LogP contribution in [0.1, 0.15) is 16.7 Å². The number of benzene rings is 2. The smallest absolute Gasteiger partial charge is 0.267 e. The Bertz CT molecular complexity index is 879. The van der Waals surface area contributed by atoms with Crippen molar-refractivity contribution in [1.29, 1.82) is 0 Å². The number of nitrogens with zero attached hydrogens (tertiary/aromatic N) is 1. The molecule has 1 N–H and O–H groups in total. The number of aryl methyl sites for hydroxylation is 1. The summed E-state index contributed by atoms with van der Waals surface area (Å²) in [5.74, 6) is -0.0622. The van der Waals surface area contributed by atoms with Crippen LogP contribution in [0.25, 0.3) is 6.08 Å². The number of rotatable bonds is 4. The lowest BCUT2D eigenvalue weighted by molar-refractivity contribution is -0.121. The number of halogens is 1. The van der Waals surface area contributed by atoms with Crippen LogP contribution in [0.4, 0.5) is 5.69 Å². The number of hydrogen-bond acceptors (Lipinski definition) is 4. The highest BCUT2D eigenvalue weighted by molar-refractivity contribution is 9.10. The monoisotopic (exact) mass is 432 g/mol. The molecule has 2 aromatic rings. The molecule has 0 aromatic heterocycles. The Morgan fingerprint density at radius 1 is 1.24 bits per heavy atom. The quantitative estimate of drug-likeness (QED) is 0.522. The number of hydrogen-bond donors (Lipinski definition) is 1. The molecule has 0 aliphatic carbocycles. The van der Waals surface area contributed by atoms with Gasteiger partial charge >= 0.3 is 0 Å². The number of anilines is 1. The minimum absolute atomic E-state index is 0.0622. The average molecular weight is 433 g/mol. The molecule has 2 aromatic carbocycles. The fourth-order valence-electron chi connectivity index (χ4n) is 2.49. The molecular weight excluding hydrogens is 416 g/mol. The van der Waals surface area contributed by atoms with Crippen LogP contribution >= 0.6 is 39.9 Å². The Kier molecular flexibility index (Phi) is 5.61. The van der Waals surface area contributed by atoms with Crippen LogP contribution in [-0.2, 0) is 4.79 Å². The summed E-state index contributed by atoms with van der Waals surface area (Å²) in [6, 6.07) is 13.9. The first-order chi connectivity index (χ1) is 12.0. The molecule has 3 rings (SSSR count). The molecule has 0 spiro atoms. The highest BCUT2D eigenvalue weighted by Crippen LogP contribution is 2.33. The minimum Gasteiger partial charge on any atom is -0.367 e. The topological polar surface area (TPSA) is 32.3 Å². The third kappa shape index (κ3) is 4.14. The summed E-state index contributed by atoms with van der Waals surface area (Å²) in [6.07, 6.45) is 1.88. The minimum atomic E-state index is -0.0622. The van der Waals surface area contributed by atoms with Gasteiger partial charge in [-0.15, -0.1) is 0 Å². The third-order valence-corrected chi connectivity index (χ3v) is 5.92. The van der Waals surface area contributed by atoms with Crippen LogP contribution in [0.15, 0.2) is 51.8 Å². The summed E-state index contributed by atoms with van der Waals surface area (Å²) in [5, 5.41) is 3.32. The van der Waals surface area contributed by atoms with Crippen molar-refractivity contribution >= 4 is 61.9 Å². The number of thiocarbonyl (C=S) groups is 1. The number of thioether (sulfide) groups is 1. The van der Waals surface area contributed by atoms with Gasteiger partial charge in [-0.1, -0.05) is 64.2 Å². The van der Waals surface area contributed by atoms with Crippen molar-refractivity contribution in [2.75, 3.05) is 12.0 Å². The van der Waals surface area contributed by atoms with Gasteiger partial charge < -0.3 is 5.32 Å². The standard InChI is InChI=1S/C19H17BrN2OS2/c1-12-5-3-8-16(13(12)2)21-11-22-18(23)17(25-19(22)24)10-14-6-4-7-15(20)9-14/h3-10,21H,11H2,1-2H3. The molecule has 1 aliphatic rings. The molecule has 0 saturated carbocycles. The van der Waals surface area contributed by atoms with Gasteiger partial charge in [0, 0.05) is 10.2 Å². The molecule has 1 amide bonds. The molecule has 0 bridgehead atoms. The molecule has 6 heteroatoms. The van der Waals surface area contributed by atoms with Crippen LogP contribution in [0.5, 0.6) is 0 Å². The number of carbonyl (C=O) groups is 1. The van der Waals surface area contributed by atoms with Crippen LogP contribution in [0.2, 0.25) is 0 Å². The Labute approximate surface area is 165 Å². The second kappa shape index (κ2) is 7.72. The lowest BCUT2D eigenvalue weighted by Crippen LogP contribution is -2.33. The highest BCUT2D eigenvalue weighted by atomic mass is 79.9. The van der Waals surface area contributed by atoms with E-state index in [0.717, 1.165) is 15.7 Å². The van der Waals surface area contributed by atoms with E-state index in [0.29, 0.717) is 15.9 Å². The summed E-state index contributed by atoms with van der Waals surface area (Å²) in [4.78, 5) is 14.9. The van der Waals surface area contributed by atoms with E-state index < -0.39 is 0 Å². The van der Waals surface area contributed by atoms with Crippen molar-refractivity contribution in [2.24, 2.45) is 0 Å². The van der Waals surface area contributed by atoms with Gasteiger partial charge in [-0.25, -0.2) is 0 Å². The molecule has 0 radical (unpaired) electrons. The number of nitrogens with one attached hydrogen (secondary N) is 1.